The summed E-state index contributed by atoms with van der Waals surface area (Å²) in [6.45, 7) is 4.74. The van der Waals surface area contributed by atoms with E-state index in [1.165, 1.54) is 11.4 Å². The third-order valence-electron chi connectivity index (χ3n) is 2.20. The second-order valence-corrected chi connectivity index (χ2v) is 10.1. The van der Waals surface area contributed by atoms with Gasteiger partial charge in [0.2, 0.25) is 5.69 Å². The maximum Gasteiger partial charge on any atom is 0.247 e. The number of hydrogen-bond donors (Lipinski definition) is 0. The molecule has 0 aromatic heterocycles. The topological polar surface area (TPSA) is 35.5 Å². The van der Waals surface area contributed by atoms with E-state index >= 15 is 0 Å². The number of ketones is 1. The normalized spacial score (nSPS) is 11.9. The first-order chi connectivity index (χ1) is 9.59. The molecule has 0 saturated heterocycles. The highest BCUT2D eigenvalue weighted by atomic mass is 32.9. The van der Waals surface area contributed by atoms with Crippen LogP contribution in [0.2, 0.25) is 0 Å². The number of rotatable bonds is 9. The highest BCUT2D eigenvalue weighted by Crippen LogP contribution is 2.60. The molecule has 0 radical (unpaired) electrons. The van der Waals surface area contributed by atoms with Crippen molar-refractivity contribution in [3.05, 3.63) is 42.0 Å². The molecule has 0 saturated carbocycles. The van der Waals surface area contributed by atoms with E-state index in [0.29, 0.717) is 13.2 Å². The van der Waals surface area contributed by atoms with Crippen molar-refractivity contribution < 1.29 is 13.8 Å². The average molecular weight is 330 g/mol. The van der Waals surface area contributed by atoms with Gasteiger partial charge in [0.1, 0.15) is 0 Å². The van der Waals surface area contributed by atoms with Crippen LogP contribution in [0.3, 0.4) is 0 Å². The van der Waals surface area contributed by atoms with Gasteiger partial charge in [-0.3, -0.25) is 4.79 Å². The summed E-state index contributed by atoms with van der Waals surface area (Å²) in [5.74, 6) is 0.285. The van der Waals surface area contributed by atoms with Crippen molar-refractivity contribution in [3.63, 3.8) is 0 Å². The van der Waals surface area contributed by atoms with Crippen LogP contribution in [0.4, 0.5) is 0 Å². The molecule has 0 atom stereocenters. The van der Waals surface area contributed by atoms with E-state index in [2.05, 4.69) is 0 Å². The molecule has 0 spiro atoms. The third-order valence-corrected chi connectivity index (χ3v) is 7.63. The molecule has 0 aliphatic heterocycles. The molecule has 110 valence electrons. The lowest BCUT2D eigenvalue weighted by Crippen LogP contribution is -1.99. The lowest BCUT2D eigenvalue weighted by molar-refractivity contribution is -0.112. The van der Waals surface area contributed by atoms with Crippen LogP contribution in [0.15, 0.2) is 36.4 Å². The molecule has 0 amide bonds. The van der Waals surface area contributed by atoms with Gasteiger partial charge in [0.25, 0.3) is 0 Å². The minimum absolute atomic E-state index is 0.00693. The molecule has 6 heteroatoms. The Kier molecular flexibility index (Phi) is 8.34. The number of allylic oxidation sites excluding steroid dienone is 1. The minimum Gasteiger partial charge on any atom is -0.322 e. The summed E-state index contributed by atoms with van der Waals surface area (Å²) >= 11 is 6.65. The summed E-state index contributed by atoms with van der Waals surface area (Å²) in [6, 6.07) is 9.70. The third kappa shape index (κ3) is 6.82. The first-order valence-electron chi connectivity index (χ1n) is 6.39. The van der Waals surface area contributed by atoms with E-state index in [-0.39, 0.29) is 11.5 Å². The van der Waals surface area contributed by atoms with Crippen molar-refractivity contribution in [1.29, 1.82) is 0 Å². The Hall–Kier alpha value is -0.450. The van der Waals surface area contributed by atoms with E-state index in [1.807, 2.05) is 44.2 Å². The molecule has 0 unspecified atom stereocenters. The van der Waals surface area contributed by atoms with Gasteiger partial charge in [0.15, 0.2) is 5.78 Å². The van der Waals surface area contributed by atoms with Gasteiger partial charge in [0, 0.05) is 0 Å². The molecule has 1 aromatic carbocycles. The molecule has 3 nitrogen and oxygen atoms in total. The molecule has 20 heavy (non-hydrogen) atoms. The van der Waals surface area contributed by atoms with Gasteiger partial charge < -0.3 is 9.05 Å². The van der Waals surface area contributed by atoms with Gasteiger partial charge in [0.05, 0.1) is 19.0 Å². The standard InChI is InChI=1S/C14H19O3PS2/c1-3-16-18(19,17-4-2)20-12-14(15)11-10-13-8-6-5-7-9-13/h5-11H,3-4,12H2,1-2H3/b11-10+. The predicted octanol–water partition coefficient (Wildman–Crippen LogP) is 4.30. The second-order valence-electron chi connectivity index (χ2n) is 3.77. The van der Waals surface area contributed by atoms with Crippen LogP contribution >= 0.6 is 17.1 Å². The predicted molar refractivity (Wildman–Crippen MR) is 90.5 cm³/mol. The van der Waals surface area contributed by atoms with Crippen molar-refractivity contribution in [2.24, 2.45) is 0 Å². The van der Waals surface area contributed by atoms with Gasteiger partial charge >= 0.3 is 0 Å². The number of hydrogen-bond acceptors (Lipinski definition) is 5. The fourth-order valence-corrected chi connectivity index (χ4v) is 5.65. The highest BCUT2D eigenvalue weighted by Gasteiger charge is 2.19. The van der Waals surface area contributed by atoms with Crippen molar-refractivity contribution in [1.82, 2.24) is 0 Å². The summed E-state index contributed by atoms with van der Waals surface area (Å²) in [5, 5.41) is 0. The van der Waals surface area contributed by atoms with Gasteiger partial charge in [-0.2, -0.15) is 0 Å². The van der Waals surface area contributed by atoms with Crippen LogP contribution in [-0.4, -0.2) is 24.7 Å². The first kappa shape index (κ1) is 17.6. The van der Waals surface area contributed by atoms with Crippen molar-refractivity contribution in [2.45, 2.75) is 13.8 Å². The maximum absolute atomic E-state index is 11.8. The molecular formula is C14H19O3PS2. The van der Waals surface area contributed by atoms with Crippen molar-refractivity contribution in [3.8, 4) is 0 Å². The molecule has 0 bridgehead atoms. The lowest BCUT2D eigenvalue weighted by Gasteiger charge is -2.19. The Morgan fingerprint density at radius 3 is 2.40 bits per heavy atom. The van der Waals surface area contributed by atoms with E-state index < -0.39 is 5.69 Å². The van der Waals surface area contributed by atoms with Crippen molar-refractivity contribution in [2.75, 3.05) is 19.0 Å². The van der Waals surface area contributed by atoms with Crippen LogP contribution in [0, 0.1) is 0 Å². The van der Waals surface area contributed by atoms with E-state index in [0.717, 1.165) is 5.56 Å². The molecular weight excluding hydrogens is 311 g/mol. The van der Waals surface area contributed by atoms with Gasteiger partial charge in [-0.05, 0) is 37.3 Å². The van der Waals surface area contributed by atoms with Crippen LogP contribution in [-0.2, 0) is 25.6 Å². The second kappa shape index (κ2) is 9.48. The summed E-state index contributed by atoms with van der Waals surface area (Å²) in [6.07, 6.45) is 3.37. The molecule has 1 aromatic rings. The minimum atomic E-state index is -2.37. The fourth-order valence-electron chi connectivity index (χ4n) is 1.37. The fraction of sp³-hybridized carbons (Fsp3) is 0.357. The van der Waals surface area contributed by atoms with Gasteiger partial charge in [-0.25, -0.2) is 0 Å². The Morgan fingerprint density at radius 2 is 1.85 bits per heavy atom. The zero-order valence-electron chi connectivity index (χ0n) is 11.7. The average Bonchev–Trinajstić information content (AvgIpc) is 2.45. The zero-order chi connectivity index (χ0) is 14.8. The summed E-state index contributed by atoms with van der Waals surface area (Å²) < 4.78 is 10.9. The van der Waals surface area contributed by atoms with E-state index in [4.69, 9.17) is 20.9 Å². The SMILES string of the molecule is CCOP(=S)(OCC)SCC(=O)/C=C/c1ccccc1. The monoisotopic (exact) mass is 330 g/mol. The Labute approximate surface area is 129 Å². The number of benzene rings is 1. The van der Waals surface area contributed by atoms with Gasteiger partial charge in [-0.15, -0.1) is 0 Å². The van der Waals surface area contributed by atoms with Gasteiger partial charge in [-0.1, -0.05) is 47.8 Å². The molecule has 0 N–H and O–H groups in total. The summed E-state index contributed by atoms with van der Waals surface area (Å²) in [7, 11) is 0. The maximum atomic E-state index is 11.8. The number of carbonyl (C=O) groups excluding carboxylic acids is 1. The molecule has 1 rings (SSSR count). The molecule has 0 aliphatic carbocycles. The van der Waals surface area contributed by atoms with Crippen LogP contribution < -0.4 is 0 Å². The first-order valence-corrected chi connectivity index (χ1v) is 10.6. The largest absolute Gasteiger partial charge is 0.322 e. The van der Waals surface area contributed by atoms with E-state index in [9.17, 15) is 4.79 Å². The molecule has 0 fully saturated rings. The van der Waals surface area contributed by atoms with E-state index in [1.54, 1.807) is 12.2 Å². The highest BCUT2D eigenvalue weighted by molar-refractivity contribution is 8.68. The zero-order valence-corrected chi connectivity index (χ0v) is 14.2. The molecule has 0 heterocycles. The quantitative estimate of drug-likeness (QED) is 0.498. The smallest absolute Gasteiger partial charge is 0.247 e. The Balaban J connectivity index is 2.50. The van der Waals surface area contributed by atoms with Crippen LogP contribution in [0.1, 0.15) is 19.4 Å². The summed E-state index contributed by atoms with van der Waals surface area (Å²) in [5.41, 5.74) is -1.37. The Bertz CT molecular complexity index is 478. The van der Waals surface area contributed by atoms with Crippen LogP contribution in [0.25, 0.3) is 6.08 Å². The summed E-state index contributed by atoms with van der Waals surface area (Å²) in [4.78, 5) is 11.8. The van der Waals surface area contributed by atoms with Crippen LogP contribution in [0.5, 0.6) is 0 Å². The van der Waals surface area contributed by atoms with Crippen molar-refractivity contribution >= 4 is 40.7 Å². The molecule has 0 aliphatic rings. The number of carbonyl (C=O) groups is 1. The lowest BCUT2D eigenvalue weighted by atomic mass is 10.2. The Morgan fingerprint density at radius 1 is 1.25 bits per heavy atom.